The fourth-order valence-corrected chi connectivity index (χ4v) is 3.82. The van der Waals surface area contributed by atoms with Gasteiger partial charge < -0.3 is 19.5 Å². The van der Waals surface area contributed by atoms with Crippen LogP contribution in [-0.4, -0.2) is 37.0 Å². The third-order valence-electron chi connectivity index (χ3n) is 5.41. The number of esters is 2. The van der Waals surface area contributed by atoms with Crippen LogP contribution in [0.4, 0.5) is 11.4 Å². The van der Waals surface area contributed by atoms with Crippen LogP contribution in [0.3, 0.4) is 0 Å². The average molecular weight is 535 g/mol. The Morgan fingerprint density at radius 3 is 2.03 bits per heavy atom. The number of benzene rings is 3. The zero-order valence-electron chi connectivity index (χ0n) is 20.5. The van der Waals surface area contributed by atoms with E-state index in [2.05, 4.69) is 5.32 Å². The number of hydrogen-bond acceptors (Lipinski definition) is 8. The number of anilines is 2. The molecule has 0 spiro atoms. The molecule has 4 rings (SSSR count). The van der Waals surface area contributed by atoms with Gasteiger partial charge in [0.1, 0.15) is 10.7 Å². The highest BCUT2D eigenvalue weighted by atomic mass is 35.5. The molecular formula is C28H23ClN2O7. The van der Waals surface area contributed by atoms with E-state index in [0.717, 1.165) is 4.90 Å². The van der Waals surface area contributed by atoms with Gasteiger partial charge in [0.05, 0.1) is 30.0 Å². The quantitative estimate of drug-likeness (QED) is 0.234. The molecule has 0 radical (unpaired) electrons. The topological polar surface area (TPSA) is 111 Å². The molecule has 0 aliphatic carbocycles. The second kappa shape index (κ2) is 11.6. The number of rotatable bonds is 9. The number of ether oxygens (including phenoxy) is 3. The normalized spacial score (nSPS) is 13.0. The lowest BCUT2D eigenvalue weighted by Crippen LogP contribution is -2.32. The van der Waals surface area contributed by atoms with Crippen LogP contribution in [0, 0.1) is 0 Å². The average Bonchev–Trinajstić information content (AvgIpc) is 3.13. The van der Waals surface area contributed by atoms with Gasteiger partial charge in [0.25, 0.3) is 11.8 Å². The van der Waals surface area contributed by atoms with E-state index in [-0.39, 0.29) is 34.2 Å². The fraction of sp³-hybridized carbons (Fsp3) is 0.143. The molecular weight excluding hydrogens is 512 g/mol. The summed E-state index contributed by atoms with van der Waals surface area (Å²) in [5, 5.41) is 2.56. The number of halogens is 1. The van der Waals surface area contributed by atoms with E-state index in [1.54, 1.807) is 43.3 Å². The Balaban J connectivity index is 1.45. The zero-order valence-corrected chi connectivity index (χ0v) is 21.3. The van der Waals surface area contributed by atoms with E-state index in [1.807, 2.05) is 6.92 Å². The van der Waals surface area contributed by atoms with Crippen molar-refractivity contribution in [3.8, 4) is 11.5 Å². The summed E-state index contributed by atoms with van der Waals surface area (Å²) in [5.74, 6) is -1.74. The van der Waals surface area contributed by atoms with Crippen molar-refractivity contribution in [2.75, 3.05) is 23.4 Å². The number of nitrogens with one attached hydrogen (secondary N) is 1. The molecule has 10 heteroatoms. The smallest absolute Gasteiger partial charge is 0.343 e. The minimum Gasteiger partial charge on any atom is -0.490 e. The first-order valence-electron chi connectivity index (χ1n) is 11.7. The zero-order chi connectivity index (χ0) is 27.2. The fourth-order valence-electron chi connectivity index (χ4n) is 3.61. The Morgan fingerprint density at radius 2 is 1.39 bits per heavy atom. The second-order valence-corrected chi connectivity index (χ2v) is 8.25. The molecule has 1 aliphatic rings. The third-order valence-corrected chi connectivity index (χ3v) is 5.76. The van der Waals surface area contributed by atoms with Crippen molar-refractivity contribution in [2.24, 2.45) is 0 Å². The van der Waals surface area contributed by atoms with Crippen molar-refractivity contribution >= 4 is 46.7 Å². The summed E-state index contributed by atoms with van der Waals surface area (Å²) >= 11 is 6.20. The lowest BCUT2D eigenvalue weighted by atomic mass is 10.2. The summed E-state index contributed by atoms with van der Waals surface area (Å²) in [4.78, 5) is 51.2. The molecule has 194 valence electrons. The van der Waals surface area contributed by atoms with E-state index in [9.17, 15) is 19.2 Å². The lowest BCUT2D eigenvalue weighted by Gasteiger charge is -2.15. The maximum atomic E-state index is 13.0. The van der Waals surface area contributed by atoms with Crippen molar-refractivity contribution < 1.29 is 33.4 Å². The molecule has 0 atom stereocenters. The van der Waals surface area contributed by atoms with Gasteiger partial charge in [-0.05, 0) is 74.5 Å². The summed E-state index contributed by atoms with van der Waals surface area (Å²) < 4.78 is 15.9. The highest BCUT2D eigenvalue weighted by Crippen LogP contribution is 2.31. The van der Waals surface area contributed by atoms with Gasteiger partial charge in [-0.1, -0.05) is 23.7 Å². The minimum atomic E-state index is -0.712. The van der Waals surface area contributed by atoms with Gasteiger partial charge >= 0.3 is 11.9 Å². The van der Waals surface area contributed by atoms with Crippen molar-refractivity contribution in [2.45, 2.75) is 13.8 Å². The highest BCUT2D eigenvalue weighted by Gasteiger charge is 2.39. The number of nitrogens with zero attached hydrogens (tertiary/aromatic N) is 1. The molecule has 38 heavy (non-hydrogen) atoms. The van der Waals surface area contributed by atoms with Gasteiger partial charge in [0.2, 0.25) is 0 Å². The Hall–Kier alpha value is -4.63. The van der Waals surface area contributed by atoms with Crippen LogP contribution in [0.25, 0.3) is 0 Å². The maximum Gasteiger partial charge on any atom is 0.343 e. The molecule has 0 saturated heterocycles. The molecule has 1 heterocycles. The molecule has 1 N–H and O–H groups in total. The van der Waals surface area contributed by atoms with E-state index < -0.39 is 23.8 Å². The van der Waals surface area contributed by atoms with Crippen LogP contribution < -0.4 is 19.7 Å². The molecule has 0 saturated carbocycles. The van der Waals surface area contributed by atoms with E-state index in [1.165, 1.54) is 36.4 Å². The molecule has 1 aliphatic heterocycles. The van der Waals surface area contributed by atoms with Gasteiger partial charge in [-0.15, -0.1) is 0 Å². The first kappa shape index (κ1) is 26.4. The molecule has 3 aromatic rings. The molecule has 0 aromatic heterocycles. The van der Waals surface area contributed by atoms with Gasteiger partial charge in [-0.2, -0.15) is 0 Å². The summed E-state index contributed by atoms with van der Waals surface area (Å²) in [6.07, 6.45) is 0. The number of carbonyl (C=O) groups excluding carboxylic acids is 4. The van der Waals surface area contributed by atoms with Crippen LogP contribution in [0.5, 0.6) is 11.5 Å². The summed E-state index contributed by atoms with van der Waals surface area (Å²) in [6, 6.07) is 18.8. The minimum absolute atomic E-state index is 0.118. The molecule has 3 aromatic carbocycles. The first-order valence-corrected chi connectivity index (χ1v) is 12.1. The Kier molecular flexibility index (Phi) is 8.08. The largest absolute Gasteiger partial charge is 0.490 e. The standard InChI is InChI=1S/C28H23ClN2O7/c1-3-36-21-7-5-6-8-22(21)38-28(35)18-9-13-19(14-10-18)30-24-23(29)25(32)31(26(24)33)20-15-11-17(12-16-20)27(34)37-4-2/h5-16,30H,3-4H2,1-2H3. The monoisotopic (exact) mass is 534 g/mol. The molecule has 0 fully saturated rings. The number of imide groups is 1. The van der Waals surface area contributed by atoms with Crippen LogP contribution in [0.15, 0.2) is 83.5 Å². The second-order valence-electron chi connectivity index (χ2n) is 7.87. The predicted molar refractivity (Wildman–Crippen MR) is 140 cm³/mol. The first-order chi connectivity index (χ1) is 18.3. The van der Waals surface area contributed by atoms with Gasteiger partial charge in [0.15, 0.2) is 11.5 Å². The summed E-state index contributed by atoms with van der Waals surface area (Å²) in [5.41, 5.74) is 1.09. The van der Waals surface area contributed by atoms with Gasteiger partial charge in [0, 0.05) is 5.69 Å². The molecule has 0 unspecified atom stereocenters. The number of para-hydroxylation sites is 2. The highest BCUT2D eigenvalue weighted by molar-refractivity contribution is 6.53. The van der Waals surface area contributed by atoms with Crippen LogP contribution >= 0.6 is 11.6 Å². The van der Waals surface area contributed by atoms with Crippen molar-refractivity contribution in [3.63, 3.8) is 0 Å². The number of carbonyl (C=O) groups is 4. The van der Waals surface area contributed by atoms with Crippen LogP contribution in [0.2, 0.25) is 0 Å². The van der Waals surface area contributed by atoms with Crippen LogP contribution in [-0.2, 0) is 14.3 Å². The van der Waals surface area contributed by atoms with Crippen molar-refractivity contribution in [3.05, 3.63) is 94.7 Å². The third kappa shape index (κ3) is 5.52. The number of amides is 2. The number of hydrogen-bond donors (Lipinski definition) is 1. The Morgan fingerprint density at radius 1 is 0.789 bits per heavy atom. The van der Waals surface area contributed by atoms with Crippen LogP contribution in [0.1, 0.15) is 34.6 Å². The van der Waals surface area contributed by atoms with E-state index >= 15 is 0 Å². The Bertz CT molecular complexity index is 1420. The maximum absolute atomic E-state index is 13.0. The predicted octanol–water partition coefficient (Wildman–Crippen LogP) is 4.92. The Labute approximate surface area is 223 Å². The van der Waals surface area contributed by atoms with Gasteiger partial charge in [-0.3, -0.25) is 9.59 Å². The van der Waals surface area contributed by atoms with Gasteiger partial charge in [-0.25, -0.2) is 14.5 Å². The van der Waals surface area contributed by atoms with Crippen molar-refractivity contribution in [1.29, 1.82) is 0 Å². The molecule has 2 amide bonds. The summed E-state index contributed by atoms with van der Waals surface area (Å²) in [7, 11) is 0. The van der Waals surface area contributed by atoms with E-state index in [0.29, 0.717) is 23.8 Å². The summed E-state index contributed by atoms with van der Waals surface area (Å²) in [6.45, 7) is 4.17. The molecule has 0 bridgehead atoms. The molecule has 9 nitrogen and oxygen atoms in total. The SMILES string of the molecule is CCOC(=O)c1ccc(N2C(=O)C(Cl)=C(Nc3ccc(C(=O)Oc4ccccc4OCC)cc3)C2=O)cc1. The van der Waals surface area contributed by atoms with E-state index in [4.69, 9.17) is 25.8 Å². The van der Waals surface area contributed by atoms with Crippen molar-refractivity contribution in [1.82, 2.24) is 0 Å². The lowest BCUT2D eigenvalue weighted by molar-refractivity contribution is -0.120.